The predicted octanol–water partition coefficient (Wildman–Crippen LogP) is 0.0684. The summed E-state index contributed by atoms with van der Waals surface area (Å²) in [7, 11) is 1.39. The van der Waals surface area contributed by atoms with Crippen LogP contribution in [0.5, 0.6) is 0 Å². The molecular formula is C54H104N18O10. The van der Waals surface area contributed by atoms with Crippen molar-refractivity contribution in [1.29, 1.82) is 16.2 Å². The zero-order valence-electron chi connectivity index (χ0n) is 49.4. The van der Waals surface area contributed by atoms with Gasteiger partial charge >= 0.3 is 5.97 Å². The van der Waals surface area contributed by atoms with Crippen molar-refractivity contribution in [3.05, 3.63) is 0 Å². The van der Waals surface area contributed by atoms with Crippen LogP contribution in [-0.4, -0.2) is 152 Å². The number of hydrogen-bond donors (Lipinski definition) is 19. The Labute approximate surface area is 485 Å². The number of nitrogens with two attached hydrogens (primary N) is 4. The second-order valence-electron chi connectivity index (χ2n) is 21.1. The molecule has 0 heterocycles. The lowest BCUT2D eigenvalue weighted by Crippen LogP contribution is -2.59. The molecule has 28 heteroatoms. The van der Waals surface area contributed by atoms with E-state index in [1.54, 1.807) is 13.8 Å². The molecule has 0 saturated carbocycles. The smallest absolute Gasteiger partial charge is 0.303 e. The molecule has 6 atom stereocenters. The van der Waals surface area contributed by atoms with Gasteiger partial charge in [0, 0.05) is 39.5 Å². The maximum Gasteiger partial charge on any atom is 0.303 e. The van der Waals surface area contributed by atoms with Crippen molar-refractivity contribution in [3.8, 4) is 0 Å². The molecule has 0 aromatic heterocycles. The highest BCUT2D eigenvalue weighted by atomic mass is 16.4. The van der Waals surface area contributed by atoms with Crippen molar-refractivity contribution in [2.24, 2.45) is 28.9 Å². The SMILES string of the molecule is CCCCCCCCCCCCCCCC(=O)NC(CCC(=O)O)C(=O)NCC(=O)N[C@@H](CC(C)C)C(=O)N[C@@H](CCCNC(=N)N)C(=O)N[C@@H](CCCCN)C(=O)N[C@@H](CCCNC(=N)N)C(=O)N[C@@H](CCCNC(=N)N)C(=O)NC. The minimum Gasteiger partial charge on any atom is -0.481 e. The number of aliphatic carboxylic acids is 1. The topological polar surface area (TPSA) is 482 Å². The maximum atomic E-state index is 14.3. The molecule has 0 saturated heterocycles. The zero-order chi connectivity index (χ0) is 61.7. The summed E-state index contributed by atoms with van der Waals surface area (Å²) in [5.41, 5.74) is 22.1. The molecule has 0 rings (SSSR count). The second-order valence-corrected chi connectivity index (χ2v) is 21.1. The summed E-state index contributed by atoms with van der Waals surface area (Å²) < 4.78 is 0. The fourth-order valence-corrected chi connectivity index (χ4v) is 8.76. The van der Waals surface area contributed by atoms with E-state index in [2.05, 4.69) is 65.4 Å². The Kier molecular flexibility index (Phi) is 42.6. The number of carbonyl (C=O) groups is 9. The van der Waals surface area contributed by atoms with Gasteiger partial charge in [0.25, 0.3) is 0 Å². The molecule has 0 spiro atoms. The lowest BCUT2D eigenvalue weighted by Gasteiger charge is -2.28. The van der Waals surface area contributed by atoms with Crippen LogP contribution in [0.15, 0.2) is 0 Å². The van der Waals surface area contributed by atoms with Crippen LogP contribution < -0.4 is 81.4 Å². The van der Waals surface area contributed by atoms with Gasteiger partial charge in [0.15, 0.2) is 17.9 Å². The van der Waals surface area contributed by atoms with Crippen LogP contribution in [0.2, 0.25) is 0 Å². The average molecular weight is 1170 g/mol. The van der Waals surface area contributed by atoms with Gasteiger partial charge in [0.2, 0.25) is 47.3 Å². The number of carbonyl (C=O) groups excluding carboxylic acids is 8. The van der Waals surface area contributed by atoms with Crippen molar-refractivity contribution in [3.63, 3.8) is 0 Å². The molecule has 0 radical (unpaired) electrons. The Morgan fingerprint density at radius 2 is 0.780 bits per heavy atom. The van der Waals surface area contributed by atoms with Crippen LogP contribution in [0.3, 0.4) is 0 Å². The van der Waals surface area contributed by atoms with E-state index in [1.807, 2.05) is 0 Å². The van der Waals surface area contributed by atoms with Gasteiger partial charge in [0.1, 0.15) is 36.3 Å². The van der Waals surface area contributed by atoms with Crippen LogP contribution in [0, 0.1) is 22.1 Å². The standard InChI is InChI=1S/C54H104N18O10/c1-5-6-7-8-9-10-11-12-13-14-15-16-17-27-43(73)67-41(28-29-45(75)76)47(78)66-35-44(74)68-42(34-36(2)3)51(82)72-40(26-22-33-65-54(60)61)50(81)70-38(23-18-19-30-55)48(79)71-39(25-21-32-64-53(58)59)49(80)69-37(46(77)62-4)24-20-31-63-52(56)57/h36-42H,5-35,55H2,1-4H3,(H,62,77)(H,66,78)(H,67,73)(H,68,74)(H,69,80)(H,70,81)(H,71,79)(H,72,82)(H,75,76)(H4,56,57,63)(H4,58,59,64)(H4,60,61,65)/t37-,38-,39-,40-,41?,42-/m0/s1. The molecule has 23 N–H and O–H groups in total. The van der Waals surface area contributed by atoms with E-state index < -0.39 is 102 Å². The molecular weight excluding hydrogens is 1060 g/mol. The number of hydrogen-bond acceptors (Lipinski definition) is 13. The quantitative estimate of drug-likeness (QED) is 0.0218. The highest BCUT2D eigenvalue weighted by Gasteiger charge is 2.33. The van der Waals surface area contributed by atoms with Crippen molar-refractivity contribution >= 4 is 71.1 Å². The maximum absolute atomic E-state index is 14.3. The number of guanidine groups is 3. The average Bonchev–Trinajstić information content (AvgIpc) is 3.48. The van der Waals surface area contributed by atoms with E-state index in [0.29, 0.717) is 25.7 Å². The number of rotatable bonds is 49. The van der Waals surface area contributed by atoms with E-state index in [0.717, 1.165) is 25.7 Å². The molecule has 0 aromatic carbocycles. The van der Waals surface area contributed by atoms with Gasteiger partial charge in [-0.1, -0.05) is 97.8 Å². The fourth-order valence-electron chi connectivity index (χ4n) is 8.76. The summed E-state index contributed by atoms with van der Waals surface area (Å²) >= 11 is 0. The third kappa shape index (κ3) is 39.4. The van der Waals surface area contributed by atoms with Gasteiger partial charge in [-0.05, 0) is 89.5 Å². The first-order valence-electron chi connectivity index (χ1n) is 29.5. The molecule has 8 amide bonds. The third-order valence-electron chi connectivity index (χ3n) is 13.3. The van der Waals surface area contributed by atoms with Gasteiger partial charge in [-0.25, -0.2) is 0 Å². The van der Waals surface area contributed by atoms with Gasteiger partial charge in [-0.2, -0.15) is 0 Å². The lowest BCUT2D eigenvalue weighted by atomic mass is 10.0. The highest BCUT2D eigenvalue weighted by Crippen LogP contribution is 2.14. The van der Waals surface area contributed by atoms with E-state index in [9.17, 15) is 48.3 Å². The van der Waals surface area contributed by atoms with Crippen LogP contribution in [0.4, 0.5) is 0 Å². The molecule has 470 valence electrons. The zero-order valence-corrected chi connectivity index (χ0v) is 49.4. The summed E-state index contributed by atoms with van der Waals surface area (Å²) in [5.74, 6) is -7.90. The molecule has 0 aliphatic rings. The van der Waals surface area contributed by atoms with E-state index in [4.69, 9.17) is 39.2 Å². The Balaban J connectivity index is 6.22. The van der Waals surface area contributed by atoms with Crippen molar-refractivity contribution in [2.75, 3.05) is 39.8 Å². The van der Waals surface area contributed by atoms with E-state index in [1.165, 1.54) is 58.4 Å². The van der Waals surface area contributed by atoms with E-state index >= 15 is 0 Å². The summed E-state index contributed by atoms with van der Waals surface area (Å²) in [4.78, 5) is 121. The van der Waals surface area contributed by atoms with Crippen molar-refractivity contribution < 1.29 is 48.3 Å². The third-order valence-corrected chi connectivity index (χ3v) is 13.3. The fraction of sp³-hybridized carbons (Fsp3) is 0.778. The number of carboxylic acids is 1. The van der Waals surface area contributed by atoms with Gasteiger partial charge in [0.05, 0.1) is 6.54 Å². The molecule has 0 fully saturated rings. The first-order chi connectivity index (χ1) is 39.0. The largest absolute Gasteiger partial charge is 0.481 e. The molecule has 0 aromatic rings. The minimum atomic E-state index is -1.33. The van der Waals surface area contributed by atoms with Crippen molar-refractivity contribution in [2.45, 2.75) is 224 Å². The van der Waals surface area contributed by atoms with Gasteiger partial charge in [-0.15, -0.1) is 0 Å². The highest BCUT2D eigenvalue weighted by molar-refractivity contribution is 5.97. The Morgan fingerprint density at radius 1 is 0.415 bits per heavy atom. The lowest BCUT2D eigenvalue weighted by molar-refractivity contribution is -0.138. The Hall–Kier alpha value is -7.00. The molecule has 28 nitrogen and oxygen atoms in total. The van der Waals surface area contributed by atoms with Gasteiger partial charge in [-0.3, -0.25) is 59.4 Å². The molecule has 0 aliphatic heterocycles. The normalized spacial score (nSPS) is 13.1. The molecule has 0 bridgehead atoms. The van der Waals surface area contributed by atoms with Crippen molar-refractivity contribution in [1.82, 2.24) is 58.5 Å². The molecule has 82 heavy (non-hydrogen) atoms. The first-order valence-corrected chi connectivity index (χ1v) is 29.5. The summed E-state index contributed by atoms with van der Waals surface area (Å²) in [6, 6.07) is -7.42. The number of unbranched alkanes of at least 4 members (excludes halogenated alkanes) is 13. The second kappa shape index (κ2) is 46.6. The minimum absolute atomic E-state index is 0.00355. The molecule has 1 unspecified atom stereocenters. The van der Waals surface area contributed by atoms with Crippen LogP contribution in [0.25, 0.3) is 0 Å². The van der Waals surface area contributed by atoms with Crippen LogP contribution in [0.1, 0.15) is 188 Å². The number of nitrogens with one attached hydrogen (secondary N) is 14. The monoisotopic (exact) mass is 1160 g/mol. The van der Waals surface area contributed by atoms with Gasteiger partial charge < -0.3 is 86.5 Å². The van der Waals surface area contributed by atoms with Crippen LogP contribution in [-0.2, 0) is 43.2 Å². The predicted molar refractivity (Wildman–Crippen MR) is 316 cm³/mol. The van der Waals surface area contributed by atoms with Crippen LogP contribution >= 0.6 is 0 Å². The summed E-state index contributed by atoms with van der Waals surface area (Å²) in [5, 5.41) is 60.7. The molecule has 0 aliphatic carbocycles. The first kappa shape index (κ1) is 75.0. The van der Waals surface area contributed by atoms with E-state index in [-0.39, 0.29) is 108 Å². The number of amides is 8. The summed E-state index contributed by atoms with van der Waals surface area (Å²) in [6.07, 6.45) is 16.0. The number of carboxylic acid groups (broad SMARTS) is 1. The summed E-state index contributed by atoms with van der Waals surface area (Å²) in [6.45, 7) is 5.93. The Bertz CT molecular complexity index is 1960. The Morgan fingerprint density at radius 3 is 1.16 bits per heavy atom. The number of likely N-dealkylation sites (N-methyl/N-ethyl adjacent to an activating group) is 1.